The summed E-state index contributed by atoms with van der Waals surface area (Å²) in [5.41, 5.74) is 1.31. The number of rotatable bonds is 4. The van der Waals surface area contributed by atoms with Crippen molar-refractivity contribution in [1.82, 2.24) is 9.80 Å². The third kappa shape index (κ3) is 2.88. The first-order chi connectivity index (χ1) is 8.26. The van der Waals surface area contributed by atoms with E-state index in [0.29, 0.717) is 0 Å². The normalized spacial score (nSPS) is 20.6. The molecule has 0 saturated carbocycles. The first kappa shape index (κ1) is 13.0. The molecule has 1 unspecified atom stereocenters. The molecule has 1 saturated heterocycles. The quantitative estimate of drug-likeness (QED) is 0.886. The second kappa shape index (κ2) is 5.96. The Morgan fingerprint density at radius 1 is 1.35 bits per heavy atom. The summed E-state index contributed by atoms with van der Waals surface area (Å²) in [6, 6.07) is 2.35. The molecular weight excluding hydrogens is 232 g/mol. The maximum atomic E-state index is 9.65. The summed E-state index contributed by atoms with van der Waals surface area (Å²) in [5.74, 6) is 0. The van der Waals surface area contributed by atoms with E-state index in [2.05, 4.69) is 35.1 Å². The van der Waals surface area contributed by atoms with Gasteiger partial charge in [0.25, 0.3) is 0 Å². The van der Waals surface area contributed by atoms with E-state index in [1.807, 2.05) is 0 Å². The van der Waals surface area contributed by atoms with Crippen molar-refractivity contribution in [3.8, 4) is 0 Å². The second-order valence-electron chi connectivity index (χ2n) is 4.64. The number of likely N-dealkylation sites (N-methyl/N-ethyl adjacent to an activating group) is 1. The van der Waals surface area contributed by atoms with Crippen LogP contribution in [0, 0.1) is 6.92 Å². The lowest BCUT2D eigenvalue weighted by Crippen LogP contribution is -2.48. The molecule has 2 rings (SSSR count). The Labute approximate surface area is 108 Å². The summed E-state index contributed by atoms with van der Waals surface area (Å²) in [5, 5.41) is 11.8. The first-order valence-electron chi connectivity index (χ1n) is 6.37. The number of aliphatic hydroxyl groups is 1. The van der Waals surface area contributed by atoms with E-state index in [-0.39, 0.29) is 12.6 Å². The van der Waals surface area contributed by atoms with Gasteiger partial charge in [-0.25, -0.2) is 0 Å². The molecule has 1 aromatic rings. The predicted octanol–water partition coefficient (Wildman–Crippen LogP) is 1.73. The van der Waals surface area contributed by atoms with Gasteiger partial charge in [0.2, 0.25) is 0 Å². The molecule has 3 nitrogen and oxygen atoms in total. The summed E-state index contributed by atoms with van der Waals surface area (Å²) in [6.07, 6.45) is 0. The van der Waals surface area contributed by atoms with Crippen LogP contribution in [0.4, 0.5) is 0 Å². The molecule has 0 radical (unpaired) electrons. The van der Waals surface area contributed by atoms with E-state index in [0.717, 1.165) is 32.7 Å². The van der Waals surface area contributed by atoms with E-state index in [1.165, 1.54) is 10.4 Å². The molecule has 0 aromatic carbocycles. The topological polar surface area (TPSA) is 26.7 Å². The van der Waals surface area contributed by atoms with Crippen molar-refractivity contribution in [2.24, 2.45) is 0 Å². The van der Waals surface area contributed by atoms with E-state index in [1.54, 1.807) is 11.3 Å². The molecule has 1 aliphatic rings. The van der Waals surface area contributed by atoms with Gasteiger partial charge in [0, 0.05) is 31.1 Å². The number of piperazine rings is 1. The standard InChI is InChI=1S/C13H22N2OS/c1-3-14-5-7-15(8-6-14)12(10-16)13-11(2)4-9-17-13/h4,9,12,16H,3,5-8,10H2,1-2H3. The Balaban J connectivity index is 2.03. The van der Waals surface area contributed by atoms with Crippen molar-refractivity contribution >= 4 is 11.3 Å². The zero-order valence-electron chi connectivity index (χ0n) is 10.7. The lowest BCUT2D eigenvalue weighted by molar-refractivity contribution is 0.0685. The van der Waals surface area contributed by atoms with Gasteiger partial charge in [0.1, 0.15) is 0 Å². The lowest BCUT2D eigenvalue weighted by Gasteiger charge is -2.38. The Bertz CT molecular complexity index is 345. The largest absolute Gasteiger partial charge is 0.394 e. The predicted molar refractivity (Wildman–Crippen MR) is 72.6 cm³/mol. The van der Waals surface area contributed by atoms with Crippen LogP contribution in [0.25, 0.3) is 0 Å². The zero-order chi connectivity index (χ0) is 12.3. The minimum Gasteiger partial charge on any atom is -0.394 e. The van der Waals surface area contributed by atoms with Crippen LogP contribution in [0.15, 0.2) is 11.4 Å². The fourth-order valence-electron chi connectivity index (χ4n) is 2.48. The molecular formula is C13H22N2OS. The molecule has 1 N–H and O–H groups in total. The number of hydrogen-bond acceptors (Lipinski definition) is 4. The highest BCUT2D eigenvalue weighted by Crippen LogP contribution is 2.29. The maximum Gasteiger partial charge on any atom is 0.0678 e. The van der Waals surface area contributed by atoms with E-state index in [4.69, 9.17) is 0 Å². The van der Waals surface area contributed by atoms with Crippen LogP contribution in [-0.2, 0) is 0 Å². The average molecular weight is 254 g/mol. The highest BCUT2D eigenvalue weighted by atomic mass is 32.1. The Kier molecular flexibility index (Phi) is 4.56. The molecule has 0 amide bonds. The van der Waals surface area contributed by atoms with Crippen LogP contribution in [-0.4, -0.2) is 54.2 Å². The molecule has 0 spiro atoms. The van der Waals surface area contributed by atoms with Gasteiger partial charge in [-0.05, 0) is 30.5 Å². The Hall–Kier alpha value is -0.420. The van der Waals surface area contributed by atoms with Crippen molar-refractivity contribution in [3.63, 3.8) is 0 Å². The van der Waals surface area contributed by atoms with Crippen molar-refractivity contribution in [2.45, 2.75) is 19.9 Å². The van der Waals surface area contributed by atoms with Crippen molar-refractivity contribution in [3.05, 3.63) is 21.9 Å². The van der Waals surface area contributed by atoms with Crippen molar-refractivity contribution in [2.75, 3.05) is 39.3 Å². The minimum atomic E-state index is 0.203. The Morgan fingerprint density at radius 3 is 2.53 bits per heavy atom. The second-order valence-corrected chi connectivity index (χ2v) is 5.58. The Morgan fingerprint density at radius 2 is 2.06 bits per heavy atom. The molecule has 1 atom stereocenters. The van der Waals surface area contributed by atoms with Gasteiger partial charge < -0.3 is 10.0 Å². The van der Waals surface area contributed by atoms with Crippen LogP contribution in [0.3, 0.4) is 0 Å². The van der Waals surface area contributed by atoms with Crippen LogP contribution in [0.1, 0.15) is 23.4 Å². The minimum absolute atomic E-state index is 0.203. The fourth-order valence-corrected chi connectivity index (χ4v) is 3.53. The van der Waals surface area contributed by atoms with Gasteiger partial charge in [-0.15, -0.1) is 11.3 Å². The fraction of sp³-hybridized carbons (Fsp3) is 0.692. The molecule has 2 heterocycles. The van der Waals surface area contributed by atoms with Gasteiger partial charge in [-0.3, -0.25) is 4.90 Å². The summed E-state index contributed by atoms with van der Waals surface area (Å²) < 4.78 is 0. The average Bonchev–Trinajstić information content (AvgIpc) is 2.78. The lowest BCUT2D eigenvalue weighted by atomic mass is 10.1. The summed E-state index contributed by atoms with van der Waals surface area (Å²) in [7, 11) is 0. The van der Waals surface area contributed by atoms with Crippen molar-refractivity contribution < 1.29 is 5.11 Å². The number of thiophene rings is 1. The van der Waals surface area contributed by atoms with Crippen LogP contribution in [0.5, 0.6) is 0 Å². The number of aliphatic hydroxyl groups excluding tert-OH is 1. The molecule has 1 fully saturated rings. The highest BCUT2D eigenvalue weighted by Gasteiger charge is 2.25. The molecule has 17 heavy (non-hydrogen) atoms. The monoisotopic (exact) mass is 254 g/mol. The van der Waals surface area contributed by atoms with Gasteiger partial charge in [-0.2, -0.15) is 0 Å². The summed E-state index contributed by atoms with van der Waals surface area (Å²) in [4.78, 5) is 6.22. The van der Waals surface area contributed by atoms with Crippen LogP contribution < -0.4 is 0 Å². The van der Waals surface area contributed by atoms with Crippen molar-refractivity contribution in [1.29, 1.82) is 0 Å². The molecule has 4 heteroatoms. The van der Waals surface area contributed by atoms with Gasteiger partial charge >= 0.3 is 0 Å². The number of aryl methyl sites for hydroxylation is 1. The van der Waals surface area contributed by atoms with Gasteiger partial charge in [-0.1, -0.05) is 6.92 Å². The van der Waals surface area contributed by atoms with E-state index >= 15 is 0 Å². The SMILES string of the molecule is CCN1CCN(C(CO)c2sccc2C)CC1. The van der Waals surface area contributed by atoms with Gasteiger partial charge in [0.05, 0.1) is 12.6 Å². The van der Waals surface area contributed by atoms with E-state index < -0.39 is 0 Å². The third-order valence-corrected chi connectivity index (χ3v) is 4.79. The van der Waals surface area contributed by atoms with Crippen LogP contribution in [0.2, 0.25) is 0 Å². The van der Waals surface area contributed by atoms with Gasteiger partial charge in [0.15, 0.2) is 0 Å². The molecule has 1 aromatic heterocycles. The smallest absolute Gasteiger partial charge is 0.0678 e. The molecule has 0 bridgehead atoms. The number of hydrogen-bond donors (Lipinski definition) is 1. The molecule has 96 valence electrons. The molecule has 1 aliphatic heterocycles. The van der Waals surface area contributed by atoms with Crippen LogP contribution >= 0.6 is 11.3 Å². The van der Waals surface area contributed by atoms with E-state index in [9.17, 15) is 5.11 Å². The maximum absolute atomic E-state index is 9.65. The highest BCUT2D eigenvalue weighted by molar-refractivity contribution is 7.10. The summed E-state index contributed by atoms with van der Waals surface area (Å²) in [6.45, 7) is 10.1. The zero-order valence-corrected chi connectivity index (χ0v) is 11.5. The molecule has 0 aliphatic carbocycles. The third-order valence-electron chi connectivity index (χ3n) is 3.67. The summed E-state index contributed by atoms with van der Waals surface area (Å²) >= 11 is 1.77. The first-order valence-corrected chi connectivity index (χ1v) is 7.25. The number of nitrogens with zero attached hydrogens (tertiary/aromatic N) is 2.